The molecular weight excluding hydrogens is 306 g/mol. The normalized spacial score (nSPS) is 15.8. The van der Waals surface area contributed by atoms with Gasteiger partial charge in [-0.05, 0) is 18.2 Å². The number of amides is 1. The Balaban J connectivity index is 1.84. The summed E-state index contributed by atoms with van der Waals surface area (Å²) in [4.78, 5) is 16.3. The van der Waals surface area contributed by atoms with Crippen LogP contribution in [-0.2, 0) is 11.3 Å². The Bertz CT molecular complexity index is 554. The Kier molecular flexibility index (Phi) is 7.08. The number of nitrogens with zero attached hydrogens (tertiary/aromatic N) is 2. The summed E-state index contributed by atoms with van der Waals surface area (Å²) >= 11 is 0. The lowest BCUT2D eigenvalue weighted by Crippen LogP contribution is -2.49. The number of methoxy groups -OCH3 is 2. The molecule has 0 aliphatic carbocycles. The molecule has 1 saturated heterocycles. The van der Waals surface area contributed by atoms with E-state index in [1.54, 1.807) is 20.3 Å². The summed E-state index contributed by atoms with van der Waals surface area (Å²) in [5, 5.41) is 2.82. The van der Waals surface area contributed by atoms with E-state index in [-0.39, 0.29) is 5.91 Å². The lowest BCUT2D eigenvalue weighted by Gasteiger charge is -2.34. The summed E-state index contributed by atoms with van der Waals surface area (Å²) in [6.45, 7) is 9.01. The standard InChI is InChI=1S/C18H27N3O3/c1-4-7-19-18(22)14-21-10-8-20(9-11-21)13-15-12-16(23-2)5-6-17(15)24-3/h4-6,12H,1,7-11,13-14H2,2-3H3,(H,19,22). The minimum absolute atomic E-state index is 0.0535. The van der Waals surface area contributed by atoms with Crippen LogP contribution in [0.25, 0.3) is 0 Å². The number of hydrogen-bond acceptors (Lipinski definition) is 5. The van der Waals surface area contributed by atoms with Crippen LogP contribution in [0.1, 0.15) is 5.56 Å². The van der Waals surface area contributed by atoms with Gasteiger partial charge < -0.3 is 14.8 Å². The van der Waals surface area contributed by atoms with Crippen LogP contribution in [0.2, 0.25) is 0 Å². The van der Waals surface area contributed by atoms with Gasteiger partial charge in [0.1, 0.15) is 11.5 Å². The fraction of sp³-hybridized carbons (Fsp3) is 0.500. The highest BCUT2D eigenvalue weighted by molar-refractivity contribution is 5.78. The SMILES string of the molecule is C=CCNC(=O)CN1CCN(Cc2cc(OC)ccc2OC)CC1. The maximum Gasteiger partial charge on any atom is 0.234 e. The van der Waals surface area contributed by atoms with E-state index in [0.717, 1.165) is 49.8 Å². The molecule has 24 heavy (non-hydrogen) atoms. The molecule has 6 heteroatoms. The van der Waals surface area contributed by atoms with Crippen LogP contribution in [0.4, 0.5) is 0 Å². The largest absolute Gasteiger partial charge is 0.497 e. The van der Waals surface area contributed by atoms with Gasteiger partial charge in [0, 0.05) is 44.8 Å². The van der Waals surface area contributed by atoms with Crippen LogP contribution in [0.15, 0.2) is 30.9 Å². The molecule has 0 atom stereocenters. The minimum atomic E-state index is 0.0535. The van der Waals surface area contributed by atoms with E-state index in [2.05, 4.69) is 21.7 Å². The second-order valence-corrected chi connectivity index (χ2v) is 5.82. The fourth-order valence-corrected chi connectivity index (χ4v) is 2.80. The molecule has 1 heterocycles. The number of carbonyl (C=O) groups is 1. The number of nitrogens with one attached hydrogen (secondary N) is 1. The molecule has 2 rings (SSSR count). The Morgan fingerprint density at radius 3 is 2.54 bits per heavy atom. The van der Waals surface area contributed by atoms with E-state index in [4.69, 9.17) is 9.47 Å². The van der Waals surface area contributed by atoms with Crippen molar-refractivity contribution in [1.82, 2.24) is 15.1 Å². The van der Waals surface area contributed by atoms with Crippen LogP contribution >= 0.6 is 0 Å². The molecule has 0 aromatic heterocycles. The first-order valence-corrected chi connectivity index (χ1v) is 8.19. The number of hydrogen-bond donors (Lipinski definition) is 1. The zero-order chi connectivity index (χ0) is 17.4. The van der Waals surface area contributed by atoms with Gasteiger partial charge in [0.25, 0.3) is 0 Å². The molecule has 0 saturated carbocycles. The van der Waals surface area contributed by atoms with Crippen LogP contribution in [-0.4, -0.2) is 69.2 Å². The van der Waals surface area contributed by atoms with Gasteiger partial charge in [-0.2, -0.15) is 0 Å². The van der Waals surface area contributed by atoms with Crippen molar-refractivity contribution in [2.24, 2.45) is 0 Å². The van der Waals surface area contributed by atoms with E-state index in [0.29, 0.717) is 13.1 Å². The van der Waals surface area contributed by atoms with Crippen LogP contribution in [0, 0.1) is 0 Å². The predicted octanol–water partition coefficient (Wildman–Crippen LogP) is 1.12. The third-order valence-electron chi connectivity index (χ3n) is 4.16. The molecule has 0 spiro atoms. The van der Waals surface area contributed by atoms with Gasteiger partial charge in [0.05, 0.1) is 20.8 Å². The highest BCUT2D eigenvalue weighted by Crippen LogP contribution is 2.25. The molecular formula is C18H27N3O3. The fourth-order valence-electron chi connectivity index (χ4n) is 2.80. The minimum Gasteiger partial charge on any atom is -0.497 e. The maximum atomic E-state index is 11.8. The van der Waals surface area contributed by atoms with Gasteiger partial charge in [0.15, 0.2) is 0 Å². The summed E-state index contributed by atoms with van der Waals surface area (Å²) in [5.41, 5.74) is 1.12. The molecule has 1 aliphatic rings. The molecule has 1 aromatic carbocycles. The second-order valence-electron chi connectivity index (χ2n) is 5.82. The first kappa shape index (κ1) is 18.3. The maximum absolute atomic E-state index is 11.8. The highest BCUT2D eigenvalue weighted by atomic mass is 16.5. The van der Waals surface area contributed by atoms with Crippen molar-refractivity contribution in [3.05, 3.63) is 36.4 Å². The van der Waals surface area contributed by atoms with Gasteiger partial charge in [-0.1, -0.05) is 6.08 Å². The number of ether oxygens (including phenoxy) is 2. The van der Waals surface area contributed by atoms with Gasteiger partial charge in [0.2, 0.25) is 5.91 Å². The summed E-state index contributed by atoms with van der Waals surface area (Å²) in [7, 11) is 3.35. The van der Waals surface area contributed by atoms with Crippen molar-refractivity contribution in [2.45, 2.75) is 6.54 Å². The van der Waals surface area contributed by atoms with Crippen molar-refractivity contribution in [3.63, 3.8) is 0 Å². The number of carbonyl (C=O) groups excluding carboxylic acids is 1. The van der Waals surface area contributed by atoms with Gasteiger partial charge in [-0.25, -0.2) is 0 Å². The van der Waals surface area contributed by atoms with E-state index >= 15 is 0 Å². The molecule has 1 aliphatic heterocycles. The first-order valence-electron chi connectivity index (χ1n) is 8.19. The molecule has 0 bridgehead atoms. The van der Waals surface area contributed by atoms with Crippen LogP contribution in [0.3, 0.4) is 0 Å². The average Bonchev–Trinajstić information content (AvgIpc) is 2.61. The topological polar surface area (TPSA) is 54.0 Å². The zero-order valence-electron chi connectivity index (χ0n) is 14.6. The lowest BCUT2D eigenvalue weighted by molar-refractivity contribution is -0.122. The Morgan fingerprint density at radius 2 is 1.92 bits per heavy atom. The molecule has 132 valence electrons. The van der Waals surface area contributed by atoms with Crippen LogP contribution < -0.4 is 14.8 Å². The summed E-state index contributed by atoms with van der Waals surface area (Å²) in [6, 6.07) is 5.87. The number of benzene rings is 1. The highest BCUT2D eigenvalue weighted by Gasteiger charge is 2.20. The smallest absolute Gasteiger partial charge is 0.234 e. The summed E-state index contributed by atoms with van der Waals surface area (Å²) in [6.07, 6.45) is 1.69. The van der Waals surface area contributed by atoms with Crippen molar-refractivity contribution in [1.29, 1.82) is 0 Å². The van der Waals surface area contributed by atoms with Gasteiger partial charge >= 0.3 is 0 Å². The molecule has 1 amide bonds. The van der Waals surface area contributed by atoms with Crippen molar-refractivity contribution >= 4 is 5.91 Å². The van der Waals surface area contributed by atoms with Crippen molar-refractivity contribution in [3.8, 4) is 11.5 Å². The van der Waals surface area contributed by atoms with Gasteiger partial charge in [-0.15, -0.1) is 6.58 Å². The molecule has 1 N–H and O–H groups in total. The van der Waals surface area contributed by atoms with E-state index < -0.39 is 0 Å². The lowest BCUT2D eigenvalue weighted by atomic mass is 10.1. The first-order chi connectivity index (χ1) is 11.7. The molecule has 1 fully saturated rings. The van der Waals surface area contributed by atoms with Crippen molar-refractivity contribution in [2.75, 3.05) is 53.5 Å². The molecule has 6 nitrogen and oxygen atoms in total. The molecule has 0 unspecified atom stereocenters. The van der Waals surface area contributed by atoms with E-state index in [1.165, 1.54) is 0 Å². The third kappa shape index (κ3) is 5.25. The quantitative estimate of drug-likeness (QED) is 0.723. The monoisotopic (exact) mass is 333 g/mol. The summed E-state index contributed by atoms with van der Waals surface area (Å²) in [5.74, 6) is 1.77. The van der Waals surface area contributed by atoms with Gasteiger partial charge in [-0.3, -0.25) is 14.6 Å². The third-order valence-corrected chi connectivity index (χ3v) is 4.16. The predicted molar refractivity (Wildman–Crippen MR) is 94.5 cm³/mol. The Morgan fingerprint density at radius 1 is 1.21 bits per heavy atom. The number of rotatable bonds is 8. The second kappa shape index (κ2) is 9.30. The van der Waals surface area contributed by atoms with Crippen molar-refractivity contribution < 1.29 is 14.3 Å². The molecule has 0 radical (unpaired) electrons. The Hall–Kier alpha value is -2.05. The number of piperazine rings is 1. The average molecular weight is 333 g/mol. The van der Waals surface area contributed by atoms with E-state index in [1.807, 2.05) is 18.2 Å². The zero-order valence-corrected chi connectivity index (χ0v) is 14.6. The summed E-state index contributed by atoms with van der Waals surface area (Å²) < 4.78 is 10.7. The van der Waals surface area contributed by atoms with E-state index in [9.17, 15) is 4.79 Å². The molecule has 1 aromatic rings. The Labute approximate surface area is 144 Å². The van der Waals surface area contributed by atoms with Crippen LogP contribution in [0.5, 0.6) is 11.5 Å².